The van der Waals surface area contributed by atoms with Gasteiger partial charge in [-0.2, -0.15) is 13.2 Å². The molecule has 3 rings (SSSR count). The summed E-state index contributed by atoms with van der Waals surface area (Å²) >= 11 is 0. The number of alkyl halides is 3. The molecule has 118 valence electrons. The van der Waals surface area contributed by atoms with Gasteiger partial charge in [-0.1, -0.05) is 12.2 Å². The van der Waals surface area contributed by atoms with Crippen molar-refractivity contribution < 1.29 is 17.9 Å². The van der Waals surface area contributed by atoms with Crippen LogP contribution < -0.4 is 15.0 Å². The molecule has 1 N–H and O–H groups in total. The number of methoxy groups -OCH3 is 1. The lowest BCUT2D eigenvalue weighted by atomic mass is 10.0. The lowest BCUT2D eigenvalue weighted by Crippen LogP contribution is -2.35. The Kier molecular flexibility index (Phi) is 3.87. The van der Waals surface area contributed by atoms with Crippen molar-refractivity contribution in [3.05, 3.63) is 47.2 Å². The number of nitrogens with one attached hydrogen (secondary N) is 1. The molecule has 0 radical (unpaired) electrons. The highest BCUT2D eigenvalue weighted by Crippen LogP contribution is 2.39. The second-order valence-electron chi connectivity index (χ2n) is 5.30. The van der Waals surface area contributed by atoms with Crippen LogP contribution in [0.3, 0.4) is 0 Å². The van der Waals surface area contributed by atoms with Gasteiger partial charge in [0.05, 0.1) is 18.4 Å². The van der Waals surface area contributed by atoms with E-state index < -0.39 is 11.7 Å². The summed E-state index contributed by atoms with van der Waals surface area (Å²) in [6.07, 6.45) is 0.578. The Morgan fingerprint density at radius 2 is 2.09 bits per heavy atom. The fourth-order valence-corrected chi connectivity index (χ4v) is 2.89. The predicted octanol–water partition coefficient (Wildman–Crippen LogP) is 3.34. The third-order valence-electron chi connectivity index (χ3n) is 3.96. The van der Waals surface area contributed by atoms with Crippen molar-refractivity contribution in [2.45, 2.75) is 12.6 Å². The molecule has 0 unspecified atom stereocenters. The van der Waals surface area contributed by atoms with E-state index in [4.69, 9.17) is 4.74 Å². The lowest BCUT2D eigenvalue weighted by Gasteiger charge is -2.34. The maximum absolute atomic E-state index is 12.8. The molecule has 3 nitrogen and oxygen atoms in total. The van der Waals surface area contributed by atoms with E-state index in [-0.39, 0.29) is 5.75 Å². The van der Waals surface area contributed by atoms with Crippen LogP contribution in [0, 0.1) is 0 Å². The van der Waals surface area contributed by atoms with Gasteiger partial charge >= 0.3 is 6.18 Å². The first-order valence-corrected chi connectivity index (χ1v) is 7.13. The van der Waals surface area contributed by atoms with Crippen LogP contribution in [0.4, 0.5) is 18.9 Å². The van der Waals surface area contributed by atoms with Gasteiger partial charge in [0.2, 0.25) is 0 Å². The highest BCUT2D eigenvalue weighted by atomic mass is 19.4. The second-order valence-corrected chi connectivity index (χ2v) is 5.30. The van der Waals surface area contributed by atoms with Crippen LogP contribution in [0.25, 0.3) is 0 Å². The quantitative estimate of drug-likeness (QED) is 0.907. The van der Waals surface area contributed by atoms with Crippen molar-refractivity contribution in [1.29, 1.82) is 0 Å². The summed E-state index contributed by atoms with van der Waals surface area (Å²) in [6, 6.07) is 3.67. The van der Waals surface area contributed by atoms with Gasteiger partial charge in [-0.25, -0.2) is 0 Å². The third-order valence-corrected chi connectivity index (χ3v) is 3.96. The first-order valence-electron chi connectivity index (χ1n) is 7.13. The van der Waals surface area contributed by atoms with E-state index >= 15 is 0 Å². The predicted molar refractivity (Wildman–Crippen MR) is 79.0 cm³/mol. The molecule has 1 aromatic rings. The molecule has 0 saturated heterocycles. The minimum Gasteiger partial charge on any atom is -0.495 e. The first-order chi connectivity index (χ1) is 10.5. The Labute approximate surface area is 127 Å². The Morgan fingerprint density at radius 3 is 2.82 bits per heavy atom. The maximum atomic E-state index is 12.8. The molecule has 0 aliphatic carbocycles. The largest absolute Gasteiger partial charge is 0.495 e. The summed E-state index contributed by atoms with van der Waals surface area (Å²) in [5.74, 6) is 0.246. The topological polar surface area (TPSA) is 24.5 Å². The van der Waals surface area contributed by atoms with Gasteiger partial charge in [0.25, 0.3) is 0 Å². The van der Waals surface area contributed by atoms with E-state index in [2.05, 4.69) is 11.4 Å². The average Bonchev–Trinajstić information content (AvgIpc) is 2.53. The highest BCUT2D eigenvalue weighted by Gasteiger charge is 2.32. The molecule has 2 aliphatic heterocycles. The van der Waals surface area contributed by atoms with E-state index in [1.807, 2.05) is 11.0 Å². The molecular weight excluding hydrogens is 293 g/mol. The first kappa shape index (κ1) is 15.0. The molecule has 0 aromatic heterocycles. The van der Waals surface area contributed by atoms with Crippen LogP contribution in [-0.2, 0) is 6.18 Å². The number of hydrogen-bond donors (Lipinski definition) is 1. The third kappa shape index (κ3) is 2.70. The average molecular weight is 310 g/mol. The highest BCUT2D eigenvalue weighted by molar-refractivity contribution is 5.66. The molecule has 0 bridgehead atoms. The van der Waals surface area contributed by atoms with Gasteiger partial charge in [-0.15, -0.1) is 0 Å². The summed E-state index contributed by atoms with van der Waals surface area (Å²) in [7, 11) is 1.40. The van der Waals surface area contributed by atoms with Crippen LogP contribution in [0.15, 0.2) is 41.6 Å². The number of halogens is 3. The van der Waals surface area contributed by atoms with Crippen LogP contribution in [-0.4, -0.2) is 26.7 Å². The SMILES string of the molecule is COc1cc(C(F)(F)F)ccc1N1CC=CC2=C1CCNC2. The normalized spacial score (nSPS) is 18.5. The number of nitrogens with zero attached hydrogens (tertiary/aromatic N) is 1. The van der Waals surface area contributed by atoms with Crippen molar-refractivity contribution in [2.75, 3.05) is 31.6 Å². The van der Waals surface area contributed by atoms with Crippen LogP contribution in [0.5, 0.6) is 5.75 Å². The standard InChI is InChI=1S/C16H17F3N2O/c1-22-15-9-12(16(17,18)19)4-5-14(15)21-8-2-3-11-10-20-7-6-13(11)21/h2-5,9,20H,6-8,10H2,1H3. The van der Waals surface area contributed by atoms with E-state index in [0.717, 1.165) is 37.3 Å². The molecule has 22 heavy (non-hydrogen) atoms. The van der Waals surface area contributed by atoms with Crippen LogP contribution in [0.1, 0.15) is 12.0 Å². The zero-order valence-corrected chi connectivity index (χ0v) is 12.2. The molecule has 0 spiro atoms. The summed E-state index contributed by atoms with van der Waals surface area (Å²) in [4.78, 5) is 2.04. The number of ether oxygens (including phenoxy) is 1. The second kappa shape index (κ2) is 5.68. The minimum absolute atomic E-state index is 0.246. The molecule has 1 aromatic carbocycles. The van der Waals surface area contributed by atoms with Gasteiger partial charge in [-0.05, 0) is 23.8 Å². The van der Waals surface area contributed by atoms with Crippen molar-refractivity contribution in [3.8, 4) is 5.75 Å². The summed E-state index contributed by atoms with van der Waals surface area (Å²) in [5.41, 5.74) is 2.31. The van der Waals surface area contributed by atoms with Gasteiger partial charge in [0.1, 0.15) is 5.75 Å². The van der Waals surface area contributed by atoms with E-state index in [1.165, 1.54) is 18.7 Å². The molecule has 0 saturated carbocycles. The molecule has 0 atom stereocenters. The summed E-state index contributed by atoms with van der Waals surface area (Å²) in [5, 5.41) is 3.30. The van der Waals surface area contributed by atoms with Crippen molar-refractivity contribution >= 4 is 5.69 Å². The molecule has 0 amide bonds. The van der Waals surface area contributed by atoms with Gasteiger partial charge in [-0.3, -0.25) is 0 Å². The van der Waals surface area contributed by atoms with E-state index in [1.54, 1.807) is 0 Å². The van der Waals surface area contributed by atoms with E-state index in [0.29, 0.717) is 12.2 Å². The van der Waals surface area contributed by atoms with Crippen LogP contribution in [0.2, 0.25) is 0 Å². The molecule has 6 heteroatoms. The molecule has 2 aliphatic rings. The Morgan fingerprint density at radius 1 is 1.27 bits per heavy atom. The fourth-order valence-electron chi connectivity index (χ4n) is 2.89. The summed E-state index contributed by atoms with van der Waals surface area (Å²) < 4.78 is 43.8. The Hall–Kier alpha value is -1.95. The zero-order chi connectivity index (χ0) is 15.7. The summed E-state index contributed by atoms with van der Waals surface area (Å²) in [6.45, 7) is 2.29. The van der Waals surface area contributed by atoms with Gasteiger partial charge in [0.15, 0.2) is 0 Å². The van der Waals surface area contributed by atoms with Crippen molar-refractivity contribution in [1.82, 2.24) is 5.32 Å². The van der Waals surface area contributed by atoms with Crippen molar-refractivity contribution in [3.63, 3.8) is 0 Å². The lowest BCUT2D eigenvalue weighted by molar-refractivity contribution is -0.137. The minimum atomic E-state index is -4.37. The zero-order valence-electron chi connectivity index (χ0n) is 12.2. The van der Waals surface area contributed by atoms with Gasteiger partial charge in [0, 0.05) is 31.8 Å². The smallest absolute Gasteiger partial charge is 0.416 e. The van der Waals surface area contributed by atoms with Gasteiger partial charge < -0.3 is 15.0 Å². The molecule has 2 heterocycles. The van der Waals surface area contributed by atoms with E-state index in [9.17, 15) is 13.2 Å². The van der Waals surface area contributed by atoms with Crippen molar-refractivity contribution in [2.24, 2.45) is 0 Å². The molecule has 0 fully saturated rings. The fraction of sp³-hybridized carbons (Fsp3) is 0.375. The number of benzene rings is 1. The number of rotatable bonds is 2. The molecular formula is C16H17F3N2O. The Bertz CT molecular complexity index is 635. The maximum Gasteiger partial charge on any atom is 0.416 e. The monoisotopic (exact) mass is 310 g/mol. The van der Waals surface area contributed by atoms with Crippen LogP contribution >= 0.6 is 0 Å². The number of anilines is 1. The Balaban J connectivity index is 2.01. The number of hydrogen-bond acceptors (Lipinski definition) is 3.